The number of primary amides is 1. The Morgan fingerprint density at radius 1 is 1.10 bits per heavy atom. The van der Waals surface area contributed by atoms with Gasteiger partial charge in [0.2, 0.25) is 5.91 Å². The van der Waals surface area contributed by atoms with E-state index in [1.165, 1.54) is 5.01 Å². The fraction of sp³-hybridized carbons (Fsp3) is 0.182. The normalized spacial score (nSPS) is 15.6. The van der Waals surface area contributed by atoms with Gasteiger partial charge < -0.3 is 10.5 Å². The summed E-state index contributed by atoms with van der Waals surface area (Å²) in [7, 11) is 0. The maximum absolute atomic E-state index is 12.7. The minimum absolute atomic E-state index is 0.0675. The molecule has 1 aromatic heterocycles. The van der Waals surface area contributed by atoms with Crippen LogP contribution in [0.15, 0.2) is 65.8 Å². The van der Waals surface area contributed by atoms with Crippen molar-refractivity contribution in [1.29, 1.82) is 0 Å². The average molecular weight is 438 g/mol. The fourth-order valence-corrected chi connectivity index (χ4v) is 3.66. The molecule has 1 aliphatic heterocycles. The van der Waals surface area contributed by atoms with Crippen molar-refractivity contribution in [3.63, 3.8) is 0 Å². The number of halogens is 1. The van der Waals surface area contributed by atoms with Crippen molar-refractivity contribution < 1.29 is 14.3 Å². The van der Waals surface area contributed by atoms with Gasteiger partial charge in [0.15, 0.2) is 0 Å². The first-order valence-electron chi connectivity index (χ1n) is 9.63. The number of aromatic nitrogens is 2. The monoisotopic (exact) mass is 437 g/mol. The second kappa shape index (κ2) is 8.61. The van der Waals surface area contributed by atoms with Gasteiger partial charge in [-0.2, -0.15) is 10.2 Å². The molecular weight excluding hydrogens is 418 g/mol. The van der Waals surface area contributed by atoms with E-state index in [4.69, 9.17) is 22.1 Å². The highest BCUT2D eigenvalue weighted by molar-refractivity contribution is 6.38. The van der Waals surface area contributed by atoms with E-state index in [9.17, 15) is 9.59 Å². The lowest BCUT2D eigenvalue weighted by atomic mass is 10.1. The Balaban J connectivity index is 1.50. The smallest absolute Gasteiger partial charge is 0.354 e. The molecule has 2 N–H and O–H groups in total. The van der Waals surface area contributed by atoms with Crippen LogP contribution in [0.1, 0.15) is 17.7 Å². The predicted molar refractivity (Wildman–Crippen MR) is 117 cm³/mol. The Labute approximate surface area is 183 Å². The van der Waals surface area contributed by atoms with Crippen molar-refractivity contribution in [2.24, 2.45) is 10.8 Å². The second-order valence-electron chi connectivity index (χ2n) is 7.03. The van der Waals surface area contributed by atoms with E-state index in [2.05, 4.69) is 10.2 Å². The zero-order valence-electron chi connectivity index (χ0n) is 16.7. The lowest BCUT2D eigenvalue weighted by Crippen LogP contribution is -2.39. The molecule has 1 amide bonds. The van der Waals surface area contributed by atoms with Crippen LogP contribution < -0.4 is 10.7 Å². The Morgan fingerprint density at radius 3 is 2.32 bits per heavy atom. The van der Waals surface area contributed by atoms with E-state index in [0.717, 1.165) is 5.69 Å². The Bertz CT molecular complexity index is 1140. The van der Waals surface area contributed by atoms with Crippen molar-refractivity contribution in [2.75, 3.05) is 5.01 Å². The van der Waals surface area contributed by atoms with Crippen LogP contribution in [-0.4, -0.2) is 33.4 Å². The number of ether oxygens (including phenoxy) is 1. The first-order chi connectivity index (χ1) is 15.0. The van der Waals surface area contributed by atoms with Crippen molar-refractivity contribution in [2.45, 2.75) is 26.0 Å². The van der Waals surface area contributed by atoms with Crippen LogP contribution in [0, 0.1) is 6.92 Å². The third kappa shape index (κ3) is 4.15. The second-order valence-corrected chi connectivity index (χ2v) is 7.39. The van der Waals surface area contributed by atoms with E-state index < -0.39 is 17.9 Å². The molecular formula is C22H20ClN5O3. The molecule has 4 rings (SSSR count). The molecule has 0 fully saturated rings. The zero-order chi connectivity index (χ0) is 22.0. The Hall–Kier alpha value is -3.65. The van der Waals surface area contributed by atoms with Gasteiger partial charge in [-0.15, -0.1) is 0 Å². The molecule has 1 atom stereocenters. The van der Waals surface area contributed by atoms with Gasteiger partial charge in [-0.1, -0.05) is 48.0 Å². The van der Waals surface area contributed by atoms with E-state index in [-0.39, 0.29) is 18.7 Å². The first kappa shape index (κ1) is 20.6. The summed E-state index contributed by atoms with van der Waals surface area (Å²) in [6.07, 6.45) is 0.0685. The SMILES string of the molecule is Cc1nn(-c2ccccc2)c(Cl)c1COC(=O)C1=NN(c2ccccc2)C(C(N)=O)C1. The van der Waals surface area contributed by atoms with Gasteiger partial charge >= 0.3 is 5.97 Å². The molecule has 0 aliphatic carbocycles. The molecule has 0 bridgehead atoms. The lowest BCUT2D eigenvalue weighted by molar-refractivity contribution is -0.136. The van der Waals surface area contributed by atoms with Crippen molar-refractivity contribution in [3.05, 3.63) is 77.1 Å². The molecule has 31 heavy (non-hydrogen) atoms. The molecule has 8 nitrogen and oxygen atoms in total. The van der Waals surface area contributed by atoms with Crippen molar-refractivity contribution >= 4 is 34.9 Å². The number of benzene rings is 2. The maximum atomic E-state index is 12.7. The molecule has 9 heteroatoms. The van der Waals surface area contributed by atoms with Crippen LogP contribution in [0.2, 0.25) is 5.15 Å². The number of hydrazone groups is 1. The van der Waals surface area contributed by atoms with Gasteiger partial charge in [-0.05, 0) is 31.2 Å². The molecule has 158 valence electrons. The van der Waals surface area contributed by atoms with Crippen LogP contribution in [0.3, 0.4) is 0 Å². The highest BCUT2D eigenvalue weighted by Crippen LogP contribution is 2.26. The molecule has 2 heterocycles. The largest absolute Gasteiger partial charge is 0.456 e. The summed E-state index contributed by atoms with van der Waals surface area (Å²) in [5, 5.41) is 10.5. The number of rotatable bonds is 6. The average Bonchev–Trinajstić information content (AvgIpc) is 3.35. The van der Waals surface area contributed by atoms with E-state index in [1.54, 1.807) is 23.7 Å². The number of esters is 1. The van der Waals surface area contributed by atoms with E-state index >= 15 is 0 Å². The summed E-state index contributed by atoms with van der Waals surface area (Å²) >= 11 is 6.48. The van der Waals surface area contributed by atoms with E-state index in [1.807, 2.05) is 48.5 Å². The molecule has 1 unspecified atom stereocenters. The summed E-state index contributed by atoms with van der Waals surface area (Å²) in [6, 6.07) is 17.7. The minimum Gasteiger partial charge on any atom is -0.456 e. The molecule has 0 spiro atoms. The molecule has 0 saturated carbocycles. The van der Waals surface area contributed by atoms with Gasteiger partial charge in [-0.25, -0.2) is 9.48 Å². The Kier molecular flexibility index (Phi) is 5.73. The van der Waals surface area contributed by atoms with Crippen molar-refractivity contribution in [1.82, 2.24) is 9.78 Å². The van der Waals surface area contributed by atoms with Crippen LogP contribution in [-0.2, 0) is 20.9 Å². The Morgan fingerprint density at radius 2 is 1.71 bits per heavy atom. The highest BCUT2D eigenvalue weighted by atomic mass is 35.5. The number of nitrogens with zero attached hydrogens (tertiary/aromatic N) is 4. The first-order valence-corrected chi connectivity index (χ1v) is 10.0. The molecule has 1 aliphatic rings. The summed E-state index contributed by atoms with van der Waals surface area (Å²) in [6.45, 7) is 1.73. The standard InChI is InChI=1S/C22H20ClN5O3/c1-14-17(20(23)28(25-14)16-10-6-3-7-11-16)13-31-22(30)18-12-19(21(24)29)27(26-18)15-8-4-2-5-9-15/h2-11,19H,12-13H2,1H3,(H2,24,29). The van der Waals surface area contributed by atoms with Crippen LogP contribution in [0.5, 0.6) is 0 Å². The molecule has 2 aromatic carbocycles. The van der Waals surface area contributed by atoms with Crippen LogP contribution in [0.4, 0.5) is 5.69 Å². The van der Waals surface area contributed by atoms with Crippen LogP contribution >= 0.6 is 11.6 Å². The number of hydrogen-bond donors (Lipinski definition) is 1. The van der Waals surface area contributed by atoms with Gasteiger partial charge in [0.25, 0.3) is 0 Å². The third-order valence-corrected chi connectivity index (χ3v) is 5.35. The fourth-order valence-electron chi connectivity index (χ4n) is 3.33. The number of carbonyl (C=O) groups is 2. The number of hydrogen-bond acceptors (Lipinski definition) is 6. The number of para-hydroxylation sites is 2. The van der Waals surface area contributed by atoms with Crippen molar-refractivity contribution in [3.8, 4) is 5.69 Å². The lowest BCUT2D eigenvalue weighted by Gasteiger charge is -2.20. The number of amides is 1. The maximum Gasteiger partial charge on any atom is 0.354 e. The molecule has 3 aromatic rings. The molecule has 0 saturated heterocycles. The van der Waals surface area contributed by atoms with Gasteiger partial charge in [0, 0.05) is 12.0 Å². The minimum atomic E-state index is -0.754. The molecule has 0 radical (unpaired) electrons. The number of aryl methyl sites for hydroxylation is 1. The zero-order valence-corrected chi connectivity index (χ0v) is 17.5. The van der Waals surface area contributed by atoms with E-state index in [0.29, 0.717) is 22.1 Å². The van der Waals surface area contributed by atoms with Crippen LogP contribution in [0.25, 0.3) is 5.69 Å². The number of carbonyl (C=O) groups excluding carboxylic acids is 2. The summed E-state index contributed by atoms with van der Waals surface area (Å²) in [5.74, 6) is -1.20. The number of nitrogens with two attached hydrogens (primary N) is 1. The summed E-state index contributed by atoms with van der Waals surface area (Å²) in [4.78, 5) is 24.5. The van der Waals surface area contributed by atoms with Gasteiger partial charge in [0.05, 0.1) is 17.1 Å². The predicted octanol–water partition coefficient (Wildman–Crippen LogP) is 3.00. The number of anilines is 1. The summed E-state index contributed by atoms with van der Waals surface area (Å²) in [5.41, 5.74) is 8.35. The topological polar surface area (TPSA) is 103 Å². The third-order valence-electron chi connectivity index (χ3n) is 4.97. The van der Waals surface area contributed by atoms with Gasteiger partial charge in [-0.3, -0.25) is 9.80 Å². The van der Waals surface area contributed by atoms with Gasteiger partial charge in [0.1, 0.15) is 23.5 Å². The quantitative estimate of drug-likeness (QED) is 0.597. The summed E-state index contributed by atoms with van der Waals surface area (Å²) < 4.78 is 7.04. The highest BCUT2D eigenvalue weighted by Gasteiger charge is 2.35.